The van der Waals surface area contributed by atoms with Crippen LogP contribution in [0.4, 0.5) is 10.8 Å². The first-order valence-electron chi connectivity index (χ1n) is 5.78. The normalized spacial score (nSPS) is 10.6. The van der Waals surface area contributed by atoms with Crippen LogP contribution in [0, 0.1) is 0 Å². The van der Waals surface area contributed by atoms with E-state index in [0.717, 1.165) is 10.2 Å². The fourth-order valence-corrected chi connectivity index (χ4v) is 2.65. The standard InChI is InChI=1S/C13H10N4O2S/c14-7-4-5-8-10(6-7)20-13(16-8)17-12(19)9-2-1-3-11(18)15-9/h1-6H,14H2,(H,15,18)(H,16,17,19). The Balaban J connectivity index is 1.89. The van der Waals surface area contributed by atoms with Gasteiger partial charge < -0.3 is 10.7 Å². The molecule has 0 radical (unpaired) electrons. The summed E-state index contributed by atoms with van der Waals surface area (Å²) in [7, 11) is 0. The Morgan fingerprint density at radius 1 is 1.30 bits per heavy atom. The highest BCUT2D eigenvalue weighted by Gasteiger charge is 2.10. The average molecular weight is 286 g/mol. The molecule has 1 amide bonds. The second-order valence-electron chi connectivity index (χ2n) is 4.13. The second kappa shape index (κ2) is 4.78. The molecule has 0 unspecified atom stereocenters. The first-order valence-corrected chi connectivity index (χ1v) is 6.60. The Kier molecular flexibility index (Phi) is 2.96. The summed E-state index contributed by atoms with van der Waals surface area (Å²) in [6.45, 7) is 0. The number of pyridine rings is 1. The number of amides is 1. The minimum absolute atomic E-state index is 0.191. The number of carbonyl (C=O) groups excluding carboxylic acids is 1. The number of nitrogen functional groups attached to an aromatic ring is 1. The van der Waals surface area contributed by atoms with Crippen LogP contribution < -0.4 is 16.6 Å². The molecule has 0 fully saturated rings. The molecule has 4 N–H and O–H groups in total. The molecule has 100 valence electrons. The number of H-pyrrole nitrogens is 1. The maximum atomic E-state index is 12.0. The summed E-state index contributed by atoms with van der Waals surface area (Å²) in [6, 6.07) is 9.74. The molecule has 0 atom stereocenters. The number of rotatable bonds is 2. The predicted molar refractivity (Wildman–Crippen MR) is 79.0 cm³/mol. The predicted octanol–water partition coefficient (Wildman–Crippen LogP) is 1.82. The topological polar surface area (TPSA) is 101 Å². The van der Waals surface area contributed by atoms with E-state index in [1.54, 1.807) is 18.2 Å². The number of anilines is 2. The Morgan fingerprint density at radius 2 is 2.15 bits per heavy atom. The summed E-state index contributed by atoms with van der Waals surface area (Å²) in [6.07, 6.45) is 0. The maximum Gasteiger partial charge on any atom is 0.273 e. The number of nitrogens with zero attached hydrogens (tertiary/aromatic N) is 1. The zero-order valence-electron chi connectivity index (χ0n) is 10.2. The monoisotopic (exact) mass is 286 g/mol. The summed E-state index contributed by atoms with van der Waals surface area (Å²) >= 11 is 1.32. The molecule has 2 heterocycles. The van der Waals surface area contributed by atoms with E-state index in [-0.39, 0.29) is 11.3 Å². The van der Waals surface area contributed by atoms with Gasteiger partial charge in [0.05, 0.1) is 10.2 Å². The molecule has 7 heteroatoms. The lowest BCUT2D eigenvalue weighted by Crippen LogP contribution is -2.17. The van der Waals surface area contributed by atoms with Crippen molar-refractivity contribution >= 4 is 38.3 Å². The summed E-state index contributed by atoms with van der Waals surface area (Å²) in [5.74, 6) is -0.408. The number of fused-ring (bicyclic) bond motifs is 1. The van der Waals surface area contributed by atoms with Crippen LogP contribution in [-0.4, -0.2) is 15.9 Å². The summed E-state index contributed by atoms with van der Waals surface area (Å²) in [4.78, 5) is 29.9. The largest absolute Gasteiger partial charge is 0.399 e. The van der Waals surface area contributed by atoms with Crippen LogP contribution in [0.3, 0.4) is 0 Å². The molecular weight excluding hydrogens is 276 g/mol. The molecule has 3 rings (SSSR count). The smallest absolute Gasteiger partial charge is 0.273 e. The number of aromatic nitrogens is 2. The number of nitrogens with one attached hydrogen (secondary N) is 2. The molecule has 2 aromatic heterocycles. The maximum absolute atomic E-state index is 12.0. The Bertz CT molecular complexity index is 853. The number of hydrogen-bond donors (Lipinski definition) is 3. The number of nitrogens with two attached hydrogens (primary N) is 1. The Morgan fingerprint density at radius 3 is 2.95 bits per heavy atom. The van der Waals surface area contributed by atoms with Gasteiger partial charge in [0.1, 0.15) is 5.69 Å². The molecule has 0 saturated heterocycles. The molecule has 3 aromatic rings. The molecule has 0 aliphatic rings. The lowest BCUT2D eigenvalue weighted by Gasteiger charge is -2.00. The van der Waals surface area contributed by atoms with Crippen molar-refractivity contribution in [1.29, 1.82) is 0 Å². The summed E-state index contributed by atoms with van der Waals surface area (Å²) in [5, 5.41) is 3.11. The highest BCUT2D eigenvalue weighted by atomic mass is 32.1. The molecule has 0 aliphatic carbocycles. The molecule has 1 aromatic carbocycles. The first kappa shape index (κ1) is 12.4. The van der Waals surface area contributed by atoms with Gasteiger partial charge in [-0.1, -0.05) is 17.4 Å². The quantitative estimate of drug-likeness (QED) is 0.625. The Labute approximate surface area is 117 Å². The molecule has 0 saturated carbocycles. The van der Waals surface area contributed by atoms with Gasteiger partial charge in [-0.2, -0.15) is 0 Å². The van der Waals surface area contributed by atoms with Crippen LogP contribution in [-0.2, 0) is 0 Å². The van der Waals surface area contributed by atoms with Crippen LogP contribution in [0.5, 0.6) is 0 Å². The van der Waals surface area contributed by atoms with E-state index >= 15 is 0 Å². The van der Waals surface area contributed by atoms with Crippen molar-refractivity contribution in [3.8, 4) is 0 Å². The van der Waals surface area contributed by atoms with E-state index in [4.69, 9.17) is 5.73 Å². The van der Waals surface area contributed by atoms with Crippen molar-refractivity contribution in [2.45, 2.75) is 0 Å². The third kappa shape index (κ3) is 2.39. The number of carbonyl (C=O) groups is 1. The number of benzene rings is 1. The molecule has 6 nitrogen and oxygen atoms in total. The van der Waals surface area contributed by atoms with Gasteiger partial charge in [0.25, 0.3) is 5.91 Å². The average Bonchev–Trinajstić information content (AvgIpc) is 2.80. The van der Waals surface area contributed by atoms with Gasteiger partial charge in [-0.25, -0.2) is 4.98 Å². The zero-order valence-corrected chi connectivity index (χ0v) is 11.0. The van der Waals surface area contributed by atoms with Crippen molar-refractivity contribution in [1.82, 2.24) is 9.97 Å². The van der Waals surface area contributed by atoms with Gasteiger partial charge in [0, 0.05) is 11.8 Å². The van der Waals surface area contributed by atoms with E-state index in [1.165, 1.54) is 29.5 Å². The van der Waals surface area contributed by atoms with Crippen LogP contribution in [0.25, 0.3) is 10.2 Å². The van der Waals surface area contributed by atoms with Gasteiger partial charge in [-0.15, -0.1) is 0 Å². The summed E-state index contributed by atoms with van der Waals surface area (Å²) < 4.78 is 0.891. The molecule has 20 heavy (non-hydrogen) atoms. The lowest BCUT2D eigenvalue weighted by atomic mass is 10.3. The van der Waals surface area contributed by atoms with Crippen molar-refractivity contribution in [2.24, 2.45) is 0 Å². The third-order valence-electron chi connectivity index (χ3n) is 2.65. The van der Waals surface area contributed by atoms with Gasteiger partial charge >= 0.3 is 0 Å². The molecule has 0 aliphatic heterocycles. The third-order valence-corrected chi connectivity index (χ3v) is 3.58. The van der Waals surface area contributed by atoms with E-state index < -0.39 is 5.91 Å². The van der Waals surface area contributed by atoms with Gasteiger partial charge in [-0.3, -0.25) is 14.9 Å². The Hall–Kier alpha value is -2.67. The molecular formula is C13H10N4O2S. The van der Waals surface area contributed by atoms with Gasteiger partial charge in [0.15, 0.2) is 5.13 Å². The summed E-state index contributed by atoms with van der Waals surface area (Å²) in [5.41, 5.74) is 6.97. The second-order valence-corrected chi connectivity index (χ2v) is 5.16. The zero-order chi connectivity index (χ0) is 14.1. The minimum Gasteiger partial charge on any atom is -0.399 e. The lowest BCUT2D eigenvalue weighted by molar-refractivity contribution is 0.102. The fourth-order valence-electron chi connectivity index (χ4n) is 1.74. The van der Waals surface area contributed by atoms with Crippen LogP contribution in [0.1, 0.15) is 10.5 Å². The highest BCUT2D eigenvalue weighted by Crippen LogP contribution is 2.27. The van der Waals surface area contributed by atoms with Crippen molar-refractivity contribution in [3.05, 3.63) is 52.4 Å². The van der Waals surface area contributed by atoms with E-state index in [1.807, 2.05) is 0 Å². The van der Waals surface area contributed by atoms with Crippen LogP contribution >= 0.6 is 11.3 Å². The van der Waals surface area contributed by atoms with E-state index in [0.29, 0.717) is 10.8 Å². The molecule has 0 bridgehead atoms. The number of thiazole rings is 1. The van der Waals surface area contributed by atoms with Gasteiger partial charge in [0.2, 0.25) is 5.56 Å². The molecule has 0 spiro atoms. The van der Waals surface area contributed by atoms with E-state index in [2.05, 4.69) is 15.3 Å². The van der Waals surface area contributed by atoms with Crippen molar-refractivity contribution in [2.75, 3.05) is 11.1 Å². The minimum atomic E-state index is -0.408. The fraction of sp³-hybridized carbons (Fsp3) is 0. The highest BCUT2D eigenvalue weighted by molar-refractivity contribution is 7.22. The van der Waals surface area contributed by atoms with Crippen LogP contribution in [0.15, 0.2) is 41.2 Å². The first-order chi connectivity index (χ1) is 9.61. The number of aromatic amines is 1. The van der Waals surface area contributed by atoms with Crippen molar-refractivity contribution in [3.63, 3.8) is 0 Å². The van der Waals surface area contributed by atoms with E-state index in [9.17, 15) is 9.59 Å². The number of hydrogen-bond acceptors (Lipinski definition) is 5. The van der Waals surface area contributed by atoms with Gasteiger partial charge in [-0.05, 0) is 24.3 Å². The SMILES string of the molecule is Nc1ccc2nc(NC(=O)c3cccc(=O)[nH]3)sc2c1. The van der Waals surface area contributed by atoms with Crippen LogP contribution in [0.2, 0.25) is 0 Å². The van der Waals surface area contributed by atoms with Crippen molar-refractivity contribution < 1.29 is 4.79 Å².